The molecule has 0 aromatic carbocycles. The van der Waals surface area contributed by atoms with Crippen LogP contribution in [0.15, 0.2) is 0 Å². The summed E-state index contributed by atoms with van der Waals surface area (Å²) in [6.45, 7) is 0. The van der Waals surface area contributed by atoms with Crippen molar-refractivity contribution in [2.45, 2.75) is 64.2 Å². The molecular formula is C12H21. The Hall–Kier alpha value is 0. The minimum Gasteiger partial charge on any atom is -0.0533 e. The molecular weight excluding hydrogens is 144 g/mol. The van der Waals surface area contributed by atoms with Gasteiger partial charge in [0.05, 0.1) is 0 Å². The van der Waals surface area contributed by atoms with Gasteiger partial charge >= 0.3 is 0 Å². The second kappa shape index (κ2) is 4.30. The summed E-state index contributed by atoms with van der Waals surface area (Å²) in [4.78, 5) is 0. The first kappa shape index (κ1) is 8.59. The van der Waals surface area contributed by atoms with Gasteiger partial charge in [0.25, 0.3) is 0 Å². The van der Waals surface area contributed by atoms with Crippen LogP contribution in [-0.2, 0) is 0 Å². The monoisotopic (exact) mass is 165 g/mol. The van der Waals surface area contributed by atoms with Crippen LogP contribution in [0.1, 0.15) is 64.2 Å². The van der Waals surface area contributed by atoms with Gasteiger partial charge in [-0.15, -0.1) is 0 Å². The van der Waals surface area contributed by atoms with Gasteiger partial charge in [-0.3, -0.25) is 0 Å². The molecule has 0 spiro atoms. The lowest BCUT2D eigenvalue weighted by Crippen LogP contribution is -2.08. The second-order valence-corrected chi connectivity index (χ2v) is 4.67. The zero-order chi connectivity index (χ0) is 8.23. The summed E-state index contributed by atoms with van der Waals surface area (Å²) in [5.74, 6) is 3.01. The van der Waals surface area contributed by atoms with Gasteiger partial charge in [-0.25, -0.2) is 0 Å². The fourth-order valence-electron chi connectivity index (χ4n) is 2.88. The van der Waals surface area contributed by atoms with Gasteiger partial charge in [0.15, 0.2) is 0 Å². The topological polar surface area (TPSA) is 0 Å². The predicted molar refractivity (Wildman–Crippen MR) is 52.9 cm³/mol. The largest absolute Gasteiger partial charge is 0.0533 e. The third kappa shape index (κ3) is 2.24. The highest BCUT2D eigenvalue weighted by molar-refractivity contribution is 4.94. The molecule has 2 aliphatic carbocycles. The van der Waals surface area contributed by atoms with Gasteiger partial charge in [0.1, 0.15) is 0 Å². The first-order valence-electron chi connectivity index (χ1n) is 5.79. The van der Waals surface area contributed by atoms with Crippen LogP contribution in [0.25, 0.3) is 0 Å². The van der Waals surface area contributed by atoms with Gasteiger partial charge in [0.2, 0.25) is 0 Å². The van der Waals surface area contributed by atoms with Gasteiger partial charge in [0, 0.05) is 0 Å². The predicted octanol–water partition coefficient (Wildman–Crippen LogP) is 4.11. The summed E-state index contributed by atoms with van der Waals surface area (Å²) in [5.41, 5.74) is 0. The maximum absolute atomic E-state index is 1.91. The van der Waals surface area contributed by atoms with Crippen LogP contribution in [-0.4, -0.2) is 0 Å². The summed E-state index contributed by atoms with van der Waals surface area (Å²) >= 11 is 0. The number of hydrogen-bond acceptors (Lipinski definition) is 0. The lowest BCUT2D eigenvalue weighted by atomic mass is 9.82. The Morgan fingerprint density at radius 3 is 2.17 bits per heavy atom. The molecule has 12 heavy (non-hydrogen) atoms. The highest BCUT2D eigenvalue weighted by Gasteiger charge is 2.21. The molecule has 0 aliphatic heterocycles. The van der Waals surface area contributed by atoms with Crippen LogP contribution < -0.4 is 0 Å². The Morgan fingerprint density at radius 2 is 1.50 bits per heavy atom. The van der Waals surface area contributed by atoms with Crippen LogP contribution in [0.3, 0.4) is 0 Å². The summed E-state index contributed by atoms with van der Waals surface area (Å²) < 4.78 is 0. The van der Waals surface area contributed by atoms with Crippen molar-refractivity contribution in [1.82, 2.24) is 0 Å². The van der Waals surface area contributed by atoms with E-state index in [1.165, 1.54) is 64.2 Å². The van der Waals surface area contributed by atoms with Crippen LogP contribution in [0.4, 0.5) is 0 Å². The third-order valence-corrected chi connectivity index (χ3v) is 3.61. The van der Waals surface area contributed by atoms with E-state index in [9.17, 15) is 0 Å². The van der Waals surface area contributed by atoms with Gasteiger partial charge in [-0.1, -0.05) is 44.9 Å². The molecule has 0 bridgehead atoms. The van der Waals surface area contributed by atoms with E-state index in [0.29, 0.717) is 0 Å². The first-order valence-corrected chi connectivity index (χ1v) is 5.79. The van der Waals surface area contributed by atoms with Crippen molar-refractivity contribution in [3.8, 4) is 0 Å². The van der Waals surface area contributed by atoms with Crippen molar-refractivity contribution in [1.29, 1.82) is 0 Å². The summed E-state index contributed by atoms with van der Waals surface area (Å²) in [6.07, 6.45) is 15.0. The van der Waals surface area contributed by atoms with Crippen molar-refractivity contribution in [2.75, 3.05) is 0 Å². The average Bonchev–Trinajstić information content (AvgIpc) is 2.59. The SMILES string of the molecule is C1CC[C](CC2CCCC2)CC1. The molecule has 0 aromatic heterocycles. The molecule has 0 aromatic rings. The zero-order valence-corrected chi connectivity index (χ0v) is 8.15. The molecule has 0 atom stereocenters. The molecule has 0 saturated heterocycles. The van der Waals surface area contributed by atoms with E-state index >= 15 is 0 Å². The molecule has 0 heterocycles. The first-order chi connectivity index (χ1) is 5.95. The normalized spacial score (nSPS) is 28.0. The van der Waals surface area contributed by atoms with Crippen molar-refractivity contribution in [3.63, 3.8) is 0 Å². The van der Waals surface area contributed by atoms with Gasteiger partial charge in [-0.05, 0) is 31.1 Å². The van der Waals surface area contributed by atoms with E-state index in [1.807, 2.05) is 5.92 Å². The molecule has 69 valence electrons. The average molecular weight is 165 g/mol. The highest BCUT2D eigenvalue weighted by Crippen LogP contribution is 2.36. The van der Waals surface area contributed by atoms with E-state index in [2.05, 4.69) is 0 Å². The van der Waals surface area contributed by atoms with Crippen LogP contribution in [0.5, 0.6) is 0 Å². The van der Waals surface area contributed by atoms with Crippen molar-refractivity contribution in [3.05, 3.63) is 5.92 Å². The molecule has 2 saturated carbocycles. The lowest BCUT2D eigenvalue weighted by Gasteiger charge is -2.23. The number of rotatable bonds is 2. The molecule has 0 N–H and O–H groups in total. The maximum Gasteiger partial charge on any atom is -0.0238 e. The van der Waals surface area contributed by atoms with Crippen molar-refractivity contribution in [2.24, 2.45) is 5.92 Å². The van der Waals surface area contributed by atoms with E-state index in [4.69, 9.17) is 0 Å². The van der Waals surface area contributed by atoms with Crippen LogP contribution in [0, 0.1) is 11.8 Å². The quantitative estimate of drug-likeness (QED) is 0.577. The zero-order valence-electron chi connectivity index (χ0n) is 8.15. The Labute approximate surface area is 76.7 Å². The Bertz CT molecular complexity index is 116. The third-order valence-electron chi connectivity index (χ3n) is 3.61. The molecule has 0 unspecified atom stereocenters. The van der Waals surface area contributed by atoms with Crippen LogP contribution in [0.2, 0.25) is 0 Å². The summed E-state index contributed by atoms with van der Waals surface area (Å²) in [5, 5.41) is 0. The van der Waals surface area contributed by atoms with E-state index in [-0.39, 0.29) is 0 Å². The lowest BCUT2D eigenvalue weighted by molar-refractivity contribution is 0.432. The van der Waals surface area contributed by atoms with Crippen molar-refractivity contribution >= 4 is 0 Å². The Morgan fingerprint density at radius 1 is 0.833 bits per heavy atom. The maximum atomic E-state index is 1.91. The van der Waals surface area contributed by atoms with Crippen LogP contribution >= 0.6 is 0 Å². The molecule has 0 heteroatoms. The Balaban J connectivity index is 1.69. The summed E-state index contributed by atoms with van der Waals surface area (Å²) in [7, 11) is 0. The molecule has 2 rings (SSSR count). The molecule has 0 amide bonds. The standard InChI is InChI=1S/C12H21/c1-2-6-11(7-3-1)10-12-8-4-5-9-12/h12H,1-10H2. The molecule has 0 nitrogen and oxygen atoms in total. The Kier molecular flexibility index (Phi) is 3.08. The molecule has 1 radical (unpaired) electrons. The van der Waals surface area contributed by atoms with E-state index in [0.717, 1.165) is 5.92 Å². The van der Waals surface area contributed by atoms with E-state index in [1.54, 1.807) is 0 Å². The smallest absolute Gasteiger partial charge is 0.0238 e. The highest BCUT2D eigenvalue weighted by atomic mass is 14.3. The minimum atomic E-state index is 1.10. The minimum absolute atomic E-state index is 1.10. The molecule has 2 aliphatic rings. The fraction of sp³-hybridized carbons (Fsp3) is 0.917. The number of hydrogen-bond donors (Lipinski definition) is 0. The van der Waals surface area contributed by atoms with Gasteiger partial charge < -0.3 is 0 Å². The fourth-order valence-corrected chi connectivity index (χ4v) is 2.88. The van der Waals surface area contributed by atoms with Gasteiger partial charge in [-0.2, -0.15) is 0 Å². The second-order valence-electron chi connectivity index (χ2n) is 4.67. The van der Waals surface area contributed by atoms with E-state index < -0.39 is 0 Å². The summed E-state index contributed by atoms with van der Waals surface area (Å²) in [6, 6.07) is 0. The van der Waals surface area contributed by atoms with Crippen molar-refractivity contribution < 1.29 is 0 Å². The molecule has 2 fully saturated rings.